The molecule has 2 aliphatic rings. The maximum absolute atomic E-state index is 11.1. The minimum atomic E-state index is 0.555. The standard InChI is InChI=1S/C16H17N3O2/c20-10-11-7-13-9-17-16(19-3-5-21-6-4-19)18-15(13)14(8-11)12-1-2-12/h7-10,12H,1-6H2. The molecule has 21 heavy (non-hydrogen) atoms. The number of rotatable bonds is 3. The molecule has 1 aliphatic heterocycles. The second-order valence-corrected chi connectivity index (χ2v) is 5.71. The molecular formula is C16H17N3O2. The highest BCUT2D eigenvalue weighted by Crippen LogP contribution is 2.43. The lowest BCUT2D eigenvalue weighted by Crippen LogP contribution is -2.37. The summed E-state index contributed by atoms with van der Waals surface area (Å²) in [6.45, 7) is 3.11. The van der Waals surface area contributed by atoms with Crippen molar-refractivity contribution in [3.63, 3.8) is 0 Å². The first-order valence-electron chi connectivity index (χ1n) is 7.44. The van der Waals surface area contributed by atoms with E-state index in [1.54, 1.807) is 0 Å². The minimum Gasteiger partial charge on any atom is -0.378 e. The number of carbonyl (C=O) groups is 1. The predicted molar refractivity (Wildman–Crippen MR) is 79.9 cm³/mol. The Bertz CT molecular complexity index is 691. The molecule has 2 heterocycles. The van der Waals surface area contributed by atoms with Crippen molar-refractivity contribution in [3.8, 4) is 0 Å². The van der Waals surface area contributed by atoms with Gasteiger partial charge in [0.1, 0.15) is 6.29 Å². The molecule has 1 aromatic heterocycles. The third-order valence-corrected chi connectivity index (χ3v) is 4.17. The highest BCUT2D eigenvalue weighted by Gasteiger charge is 2.27. The van der Waals surface area contributed by atoms with Gasteiger partial charge in [0.2, 0.25) is 5.95 Å². The van der Waals surface area contributed by atoms with E-state index in [0.29, 0.717) is 11.5 Å². The highest BCUT2D eigenvalue weighted by molar-refractivity contribution is 5.89. The summed E-state index contributed by atoms with van der Waals surface area (Å²) in [6, 6.07) is 3.86. The van der Waals surface area contributed by atoms with Gasteiger partial charge in [-0.1, -0.05) is 0 Å². The van der Waals surface area contributed by atoms with E-state index in [9.17, 15) is 4.79 Å². The molecule has 0 atom stereocenters. The summed E-state index contributed by atoms with van der Waals surface area (Å²) in [5.74, 6) is 1.33. The van der Waals surface area contributed by atoms with Crippen LogP contribution in [0, 0.1) is 0 Å². The molecule has 4 rings (SSSR count). The second kappa shape index (κ2) is 5.07. The van der Waals surface area contributed by atoms with Gasteiger partial charge in [-0.25, -0.2) is 9.97 Å². The lowest BCUT2D eigenvalue weighted by Gasteiger charge is -2.26. The molecule has 108 valence electrons. The number of hydrogen-bond donors (Lipinski definition) is 0. The molecule has 1 saturated heterocycles. The fraction of sp³-hybridized carbons (Fsp3) is 0.438. The van der Waals surface area contributed by atoms with Crippen LogP contribution >= 0.6 is 0 Å². The van der Waals surface area contributed by atoms with Crippen molar-refractivity contribution >= 4 is 23.1 Å². The molecule has 1 aromatic carbocycles. The molecule has 1 saturated carbocycles. The SMILES string of the molecule is O=Cc1cc(C2CC2)c2nc(N3CCOCC3)ncc2c1. The Hall–Kier alpha value is -2.01. The van der Waals surface area contributed by atoms with Crippen LogP contribution in [0.4, 0.5) is 5.95 Å². The number of aromatic nitrogens is 2. The van der Waals surface area contributed by atoms with Gasteiger partial charge in [0.25, 0.3) is 0 Å². The monoisotopic (exact) mass is 283 g/mol. The van der Waals surface area contributed by atoms with Crippen LogP contribution in [0.5, 0.6) is 0 Å². The number of anilines is 1. The van der Waals surface area contributed by atoms with E-state index in [1.165, 1.54) is 18.4 Å². The van der Waals surface area contributed by atoms with Crippen LogP contribution in [0.25, 0.3) is 10.9 Å². The molecule has 2 aromatic rings. The Balaban J connectivity index is 1.81. The smallest absolute Gasteiger partial charge is 0.226 e. The first-order chi connectivity index (χ1) is 10.3. The Morgan fingerprint density at radius 3 is 2.76 bits per heavy atom. The summed E-state index contributed by atoms with van der Waals surface area (Å²) in [7, 11) is 0. The fourth-order valence-electron chi connectivity index (χ4n) is 2.88. The highest BCUT2D eigenvalue weighted by atomic mass is 16.5. The third-order valence-electron chi connectivity index (χ3n) is 4.17. The van der Waals surface area contributed by atoms with E-state index in [4.69, 9.17) is 9.72 Å². The number of hydrogen-bond acceptors (Lipinski definition) is 5. The van der Waals surface area contributed by atoms with E-state index in [2.05, 4.69) is 9.88 Å². The van der Waals surface area contributed by atoms with Crippen LogP contribution in [0.3, 0.4) is 0 Å². The Morgan fingerprint density at radius 1 is 1.24 bits per heavy atom. The molecule has 2 fully saturated rings. The molecule has 0 radical (unpaired) electrons. The number of nitrogens with zero attached hydrogens (tertiary/aromatic N) is 3. The lowest BCUT2D eigenvalue weighted by molar-refractivity contribution is 0.112. The number of aldehydes is 1. The summed E-state index contributed by atoms with van der Waals surface area (Å²) in [5, 5.41) is 0.957. The Kier molecular flexibility index (Phi) is 3.07. The second-order valence-electron chi connectivity index (χ2n) is 5.71. The molecule has 5 heteroatoms. The normalized spacial score (nSPS) is 19.0. The minimum absolute atomic E-state index is 0.555. The zero-order chi connectivity index (χ0) is 14.2. The van der Waals surface area contributed by atoms with Gasteiger partial charge in [0.15, 0.2) is 0 Å². The maximum Gasteiger partial charge on any atom is 0.226 e. The number of ether oxygens (including phenoxy) is 1. The van der Waals surface area contributed by atoms with Crippen molar-refractivity contribution in [1.29, 1.82) is 0 Å². The molecule has 0 amide bonds. The molecule has 5 nitrogen and oxygen atoms in total. The number of carbonyl (C=O) groups excluding carboxylic acids is 1. The molecule has 0 spiro atoms. The topological polar surface area (TPSA) is 55.3 Å². The van der Waals surface area contributed by atoms with Crippen LogP contribution in [-0.2, 0) is 4.74 Å². The maximum atomic E-state index is 11.1. The zero-order valence-electron chi connectivity index (χ0n) is 11.8. The average Bonchev–Trinajstić information content (AvgIpc) is 3.39. The van der Waals surface area contributed by atoms with Gasteiger partial charge in [-0.3, -0.25) is 4.79 Å². The summed E-state index contributed by atoms with van der Waals surface area (Å²) in [4.78, 5) is 22.5. The van der Waals surface area contributed by atoms with Gasteiger partial charge in [-0.2, -0.15) is 0 Å². The number of morpholine rings is 1. The van der Waals surface area contributed by atoms with Crippen LogP contribution in [-0.4, -0.2) is 42.6 Å². The quantitative estimate of drug-likeness (QED) is 0.808. The molecule has 0 unspecified atom stereocenters. The van der Waals surface area contributed by atoms with Gasteiger partial charge in [0.05, 0.1) is 18.7 Å². The fourth-order valence-corrected chi connectivity index (χ4v) is 2.88. The van der Waals surface area contributed by atoms with Crippen LogP contribution in [0.2, 0.25) is 0 Å². The van der Waals surface area contributed by atoms with Crippen molar-refractivity contribution in [2.24, 2.45) is 0 Å². The van der Waals surface area contributed by atoms with Gasteiger partial charge in [-0.15, -0.1) is 0 Å². The number of fused-ring (bicyclic) bond motifs is 1. The molecular weight excluding hydrogens is 266 g/mol. The third kappa shape index (κ3) is 2.38. The molecule has 0 N–H and O–H groups in total. The van der Waals surface area contributed by atoms with Gasteiger partial charge < -0.3 is 9.64 Å². The average molecular weight is 283 g/mol. The van der Waals surface area contributed by atoms with Crippen molar-refractivity contribution in [2.45, 2.75) is 18.8 Å². The van der Waals surface area contributed by atoms with Crippen molar-refractivity contribution < 1.29 is 9.53 Å². The van der Waals surface area contributed by atoms with Gasteiger partial charge in [-0.05, 0) is 36.5 Å². The van der Waals surface area contributed by atoms with Gasteiger partial charge in [0, 0.05) is 30.2 Å². The first-order valence-corrected chi connectivity index (χ1v) is 7.44. The summed E-state index contributed by atoms with van der Waals surface area (Å²) in [5.41, 5.74) is 2.92. The van der Waals surface area contributed by atoms with E-state index >= 15 is 0 Å². The van der Waals surface area contributed by atoms with E-state index in [1.807, 2.05) is 18.3 Å². The summed E-state index contributed by atoms with van der Waals surface area (Å²) in [6.07, 6.45) is 5.12. The van der Waals surface area contributed by atoms with Crippen molar-refractivity contribution in [3.05, 3.63) is 29.5 Å². The van der Waals surface area contributed by atoms with Crippen molar-refractivity contribution in [2.75, 3.05) is 31.2 Å². The van der Waals surface area contributed by atoms with Gasteiger partial charge >= 0.3 is 0 Å². The molecule has 0 bridgehead atoms. The van der Waals surface area contributed by atoms with Crippen LogP contribution in [0.15, 0.2) is 18.3 Å². The Labute approximate surface area is 122 Å². The first kappa shape index (κ1) is 12.7. The van der Waals surface area contributed by atoms with E-state index in [-0.39, 0.29) is 0 Å². The largest absolute Gasteiger partial charge is 0.378 e. The zero-order valence-corrected chi connectivity index (χ0v) is 11.8. The predicted octanol–water partition coefficient (Wildman–Crippen LogP) is 2.16. The van der Waals surface area contributed by atoms with Crippen LogP contribution < -0.4 is 4.90 Å². The van der Waals surface area contributed by atoms with E-state index < -0.39 is 0 Å². The van der Waals surface area contributed by atoms with E-state index in [0.717, 1.165) is 49.4 Å². The molecule has 1 aliphatic carbocycles. The Morgan fingerprint density at radius 2 is 2.05 bits per heavy atom. The van der Waals surface area contributed by atoms with Crippen molar-refractivity contribution in [1.82, 2.24) is 9.97 Å². The number of benzene rings is 1. The summed E-state index contributed by atoms with van der Waals surface area (Å²) >= 11 is 0. The lowest BCUT2D eigenvalue weighted by atomic mass is 10.0. The summed E-state index contributed by atoms with van der Waals surface area (Å²) < 4.78 is 5.37. The van der Waals surface area contributed by atoms with Crippen LogP contribution in [0.1, 0.15) is 34.7 Å².